The van der Waals surface area contributed by atoms with E-state index in [2.05, 4.69) is 5.32 Å². The topological polar surface area (TPSA) is 94.1 Å². The second kappa shape index (κ2) is 11.2. The van der Waals surface area contributed by atoms with E-state index in [0.717, 1.165) is 34.4 Å². The Kier molecular flexibility index (Phi) is 7.91. The highest BCUT2D eigenvalue weighted by Gasteiger charge is 2.52. The maximum atomic E-state index is 13.7. The molecule has 0 unspecified atom stereocenters. The summed E-state index contributed by atoms with van der Waals surface area (Å²) in [4.78, 5) is 24.3. The van der Waals surface area contributed by atoms with E-state index in [0.29, 0.717) is 5.47 Å². The molecule has 0 atom stereocenters. The number of hydrogen-bond donors (Lipinski definition) is 2. The van der Waals surface area contributed by atoms with Crippen LogP contribution in [0.5, 0.6) is 0 Å². The average Bonchev–Trinajstić information content (AvgIpc) is 3.37. The fraction of sp³-hybridized carbons (Fsp3) is 0.312. The molecule has 1 saturated heterocycles. The van der Waals surface area contributed by atoms with Crippen molar-refractivity contribution < 1.29 is 41.9 Å². The van der Waals surface area contributed by atoms with Gasteiger partial charge in [-0.25, -0.2) is 9.59 Å². The van der Waals surface area contributed by atoms with Crippen LogP contribution < -0.4 is 5.32 Å². The monoisotopic (exact) mass is 593 g/mol. The number of carboxylic acid groups (broad SMARTS) is 1. The summed E-state index contributed by atoms with van der Waals surface area (Å²) in [7, 11) is -0.993. The van der Waals surface area contributed by atoms with Gasteiger partial charge in [-0.3, -0.25) is 0 Å². The summed E-state index contributed by atoms with van der Waals surface area (Å²) in [6.07, 6.45) is -4.21. The fourth-order valence-electron chi connectivity index (χ4n) is 5.31. The van der Waals surface area contributed by atoms with E-state index < -0.39 is 47.7 Å². The van der Waals surface area contributed by atoms with Crippen molar-refractivity contribution in [3.63, 3.8) is 0 Å². The predicted octanol–water partition coefficient (Wildman–Crippen LogP) is 6.96. The van der Waals surface area contributed by atoms with E-state index in [9.17, 15) is 27.9 Å². The molecule has 2 aliphatic rings. The lowest BCUT2D eigenvalue weighted by molar-refractivity contribution is -0.138. The Bertz CT molecular complexity index is 1540. The van der Waals surface area contributed by atoms with Crippen molar-refractivity contribution in [2.24, 2.45) is 0 Å². The van der Waals surface area contributed by atoms with Crippen LogP contribution in [0.3, 0.4) is 0 Å². The van der Waals surface area contributed by atoms with Gasteiger partial charge in [0, 0.05) is 12.5 Å². The third-order valence-electron chi connectivity index (χ3n) is 8.27. The van der Waals surface area contributed by atoms with Gasteiger partial charge in [-0.05, 0) is 73.1 Å². The zero-order valence-electron chi connectivity index (χ0n) is 24.1. The molecule has 43 heavy (non-hydrogen) atoms. The summed E-state index contributed by atoms with van der Waals surface area (Å²) in [5.41, 5.74) is 1.01. The SMILES string of the molecule is CC1(C)OB(C(=Cc2ccc(C(=O)O)c(C(F)(F)F)c2)CNC(=O)OCC2c3ccccc3-c3ccccc32)OC1(C)C. The fourth-order valence-corrected chi connectivity index (χ4v) is 5.31. The molecule has 3 aromatic carbocycles. The molecule has 1 fully saturated rings. The molecule has 1 heterocycles. The van der Waals surface area contributed by atoms with E-state index >= 15 is 0 Å². The first-order valence-corrected chi connectivity index (χ1v) is 13.8. The van der Waals surface area contributed by atoms with Crippen LogP contribution in [-0.4, -0.2) is 48.6 Å². The van der Waals surface area contributed by atoms with Crippen molar-refractivity contribution in [2.45, 2.75) is 51.0 Å². The number of ether oxygens (including phenoxy) is 1. The van der Waals surface area contributed by atoms with E-state index in [4.69, 9.17) is 14.0 Å². The average molecular weight is 593 g/mol. The van der Waals surface area contributed by atoms with Crippen molar-refractivity contribution in [1.82, 2.24) is 5.32 Å². The lowest BCUT2D eigenvalue weighted by Crippen LogP contribution is -2.41. The van der Waals surface area contributed by atoms with E-state index in [1.807, 2.05) is 76.2 Å². The molecule has 0 saturated carbocycles. The second-order valence-electron chi connectivity index (χ2n) is 11.6. The number of halogens is 3. The first kappa shape index (κ1) is 30.4. The number of amides is 1. The summed E-state index contributed by atoms with van der Waals surface area (Å²) >= 11 is 0. The van der Waals surface area contributed by atoms with Gasteiger partial charge in [-0.1, -0.05) is 60.7 Å². The Hall–Kier alpha value is -4.09. The summed E-state index contributed by atoms with van der Waals surface area (Å²) in [6.45, 7) is 7.23. The normalized spacial score (nSPS) is 17.4. The Morgan fingerprint density at radius 1 is 0.953 bits per heavy atom. The summed E-state index contributed by atoms with van der Waals surface area (Å²) < 4.78 is 58.9. The van der Waals surface area contributed by atoms with Crippen LogP contribution in [0.1, 0.15) is 66.2 Å². The van der Waals surface area contributed by atoms with Crippen molar-refractivity contribution in [1.29, 1.82) is 0 Å². The highest BCUT2D eigenvalue weighted by molar-refractivity contribution is 6.56. The number of alkyl halides is 3. The van der Waals surface area contributed by atoms with Gasteiger partial charge in [0.25, 0.3) is 0 Å². The Morgan fingerprint density at radius 2 is 1.51 bits per heavy atom. The molecule has 224 valence electrons. The summed E-state index contributed by atoms with van der Waals surface area (Å²) in [6, 6.07) is 18.8. The van der Waals surface area contributed by atoms with Gasteiger partial charge < -0.3 is 24.5 Å². The first-order valence-electron chi connectivity index (χ1n) is 13.8. The molecule has 0 radical (unpaired) electrons. The molecule has 3 aromatic rings. The highest BCUT2D eigenvalue weighted by atomic mass is 19.4. The van der Waals surface area contributed by atoms with Crippen molar-refractivity contribution >= 4 is 25.3 Å². The molecule has 1 aliphatic carbocycles. The summed E-state index contributed by atoms with van der Waals surface area (Å²) in [5.74, 6) is -1.84. The van der Waals surface area contributed by atoms with Crippen molar-refractivity contribution in [3.8, 4) is 11.1 Å². The van der Waals surface area contributed by atoms with Gasteiger partial charge in [0.05, 0.1) is 22.3 Å². The van der Waals surface area contributed by atoms with Crippen LogP contribution in [0.4, 0.5) is 18.0 Å². The lowest BCUT2D eigenvalue weighted by atomic mass is 9.77. The standard InChI is InChI=1S/C32H31BF3NO6/c1-30(2)31(3,4)43-33(42-30)20(15-19-13-14-25(28(38)39)27(16-19)32(34,35)36)17-37-29(40)41-18-26-23-11-7-5-9-21(23)22-10-6-8-12-24(22)26/h5-16,26H,17-18H2,1-4H3,(H,37,40)(H,38,39). The maximum absolute atomic E-state index is 13.7. The van der Waals surface area contributed by atoms with Gasteiger partial charge in [0.15, 0.2) is 0 Å². The van der Waals surface area contributed by atoms with Gasteiger partial charge in [0.2, 0.25) is 0 Å². The van der Waals surface area contributed by atoms with E-state index in [1.165, 1.54) is 12.1 Å². The van der Waals surface area contributed by atoms with Gasteiger partial charge in [-0.2, -0.15) is 13.2 Å². The zero-order chi connectivity index (χ0) is 31.2. The highest BCUT2D eigenvalue weighted by Crippen LogP contribution is 2.44. The Balaban J connectivity index is 1.36. The number of fused-ring (bicyclic) bond motifs is 3. The first-order chi connectivity index (χ1) is 20.2. The van der Waals surface area contributed by atoms with Gasteiger partial charge in [-0.15, -0.1) is 0 Å². The molecule has 1 amide bonds. The minimum absolute atomic E-state index is 0.0661. The zero-order valence-corrected chi connectivity index (χ0v) is 24.1. The number of carbonyl (C=O) groups excluding carboxylic acids is 1. The second-order valence-corrected chi connectivity index (χ2v) is 11.6. The Morgan fingerprint density at radius 3 is 2.05 bits per heavy atom. The molecule has 0 spiro atoms. The molecule has 0 bridgehead atoms. The Labute approximate surface area is 247 Å². The molecule has 11 heteroatoms. The number of rotatable bonds is 7. The minimum Gasteiger partial charge on any atom is -0.478 e. The van der Waals surface area contributed by atoms with Crippen LogP contribution in [0.2, 0.25) is 0 Å². The molecule has 5 rings (SSSR count). The number of carbonyl (C=O) groups is 2. The van der Waals surface area contributed by atoms with Crippen LogP contribution in [-0.2, 0) is 20.2 Å². The molecular weight excluding hydrogens is 562 g/mol. The smallest absolute Gasteiger partial charge is 0.478 e. The lowest BCUT2D eigenvalue weighted by Gasteiger charge is -2.32. The molecular formula is C32H31BF3NO6. The third-order valence-corrected chi connectivity index (χ3v) is 8.27. The quantitative estimate of drug-likeness (QED) is 0.288. The molecule has 7 nitrogen and oxygen atoms in total. The van der Waals surface area contributed by atoms with Gasteiger partial charge >= 0.3 is 25.4 Å². The largest absolute Gasteiger partial charge is 0.492 e. The molecule has 2 N–H and O–H groups in total. The third kappa shape index (κ3) is 6.05. The van der Waals surface area contributed by atoms with Crippen LogP contribution >= 0.6 is 0 Å². The summed E-state index contributed by atoms with van der Waals surface area (Å²) in [5, 5.41) is 11.9. The predicted molar refractivity (Wildman–Crippen MR) is 156 cm³/mol. The molecule has 0 aromatic heterocycles. The number of benzene rings is 3. The van der Waals surface area contributed by atoms with E-state index in [-0.39, 0.29) is 24.6 Å². The molecule has 1 aliphatic heterocycles. The van der Waals surface area contributed by atoms with Crippen molar-refractivity contribution in [2.75, 3.05) is 13.2 Å². The van der Waals surface area contributed by atoms with Crippen LogP contribution in [0.25, 0.3) is 17.2 Å². The van der Waals surface area contributed by atoms with Gasteiger partial charge in [0.1, 0.15) is 6.61 Å². The maximum Gasteiger partial charge on any atom is 0.492 e. The number of carboxylic acids is 1. The van der Waals surface area contributed by atoms with Crippen LogP contribution in [0.15, 0.2) is 72.2 Å². The van der Waals surface area contributed by atoms with Crippen LogP contribution in [0, 0.1) is 0 Å². The number of alkyl carbamates (subject to hydrolysis) is 1. The minimum atomic E-state index is -4.89. The van der Waals surface area contributed by atoms with E-state index in [1.54, 1.807) is 0 Å². The number of nitrogens with one attached hydrogen (secondary N) is 1. The number of hydrogen-bond acceptors (Lipinski definition) is 5. The van der Waals surface area contributed by atoms with Crippen molar-refractivity contribution in [3.05, 3.63) is 100 Å². The number of aromatic carboxylic acids is 1.